The highest BCUT2D eigenvalue weighted by molar-refractivity contribution is 7.99. The fourth-order valence-corrected chi connectivity index (χ4v) is 3.90. The normalized spacial score (nSPS) is 12.0. The smallest absolute Gasteiger partial charge is 0.230 e. The van der Waals surface area contributed by atoms with Crippen molar-refractivity contribution in [1.29, 1.82) is 0 Å². The molecule has 2 aromatic rings. The molecule has 5 nitrogen and oxygen atoms in total. The van der Waals surface area contributed by atoms with Crippen LogP contribution in [0.3, 0.4) is 0 Å². The topological polar surface area (TPSA) is 80.9 Å². The van der Waals surface area contributed by atoms with Crippen molar-refractivity contribution in [2.75, 3.05) is 18.0 Å². The number of rotatable bonds is 8. The molecule has 0 spiro atoms. The number of aryl methyl sites for hydroxylation is 1. The Balaban J connectivity index is 1.92. The van der Waals surface area contributed by atoms with E-state index in [0.717, 1.165) is 24.1 Å². The number of halogens is 2. The number of aromatic nitrogens is 2. The van der Waals surface area contributed by atoms with Crippen molar-refractivity contribution in [3.63, 3.8) is 0 Å². The molecule has 1 amide bonds. The molecule has 0 bridgehead atoms. The van der Waals surface area contributed by atoms with Gasteiger partial charge >= 0.3 is 0 Å². The molecule has 2 rings (SSSR count). The molecule has 1 heterocycles. The van der Waals surface area contributed by atoms with E-state index in [9.17, 15) is 4.79 Å². The highest BCUT2D eigenvalue weighted by atomic mass is 35.5. The van der Waals surface area contributed by atoms with Crippen molar-refractivity contribution in [1.82, 2.24) is 15.3 Å². The molecule has 0 unspecified atom stereocenters. The van der Waals surface area contributed by atoms with Gasteiger partial charge in [0.2, 0.25) is 5.91 Å². The number of nitrogens with zero attached hydrogens (tertiary/aromatic N) is 2. The Morgan fingerprint density at radius 2 is 2.08 bits per heavy atom. The molecule has 1 atom stereocenters. The van der Waals surface area contributed by atoms with Crippen LogP contribution in [0.1, 0.15) is 36.9 Å². The van der Waals surface area contributed by atoms with Crippen LogP contribution in [-0.2, 0) is 4.79 Å². The summed E-state index contributed by atoms with van der Waals surface area (Å²) in [6.07, 6.45) is 1.91. The van der Waals surface area contributed by atoms with Gasteiger partial charge in [0.05, 0.1) is 5.75 Å². The quantitative estimate of drug-likeness (QED) is 0.493. The van der Waals surface area contributed by atoms with E-state index >= 15 is 0 Å². The second-order valence-corrected chi connectivity index (χ2v) is 7.75. The second-order valence-electron chi connectivity index (χ2n) is 5.96. The maximum atomic E-state index is 12.2. The Morgan fingerprint density at radius 3 is 2.73 bits per heavy atom. The van der Waals surface area contributed by atoms with Crippen LogP contribution in [0.5, 0.6) is 0 Å². The van der Waals surface area contributed by atoms with Crippen molar-refractivity contribution in [2.24, 2.45) is 0 Å². The molecule has 0 fully saturated rings. The minimum Gasteiger partial charge on any atom is -0.384 e. The molecule has 0 radical (unpaired) electrons. The zero-order valence-corrected chi connectivity index (χ0v) is 17.1. The molecule has 3 N–H and O–H groups in total. The number of anilines is 1. The van der Waals surface area contributed by atoms with Crippen LogP contribution in [0, 0.1) is 6.92 Å². The molecule has 26 heavy (non-hydrogen) atoms. The number of carbonyl (C=O) groups excluding carboxylic acids is 1. The number of thioether (sulfide) groups is 1. The summed E-state index contributed by atoms with van der Waals surface area (Å²) in [6.45, 7) is 4.47. The third kappa shape index (κ3) is 6.34. The molecule has 0 saturated heterocycles. The van der Waals surface area contributed by atoms with Crippen molar-refractivity contribution in [2.45, 2.75) is 37.8 Å². The van der Waals surface area contributed by atoms with Gasteiger partial charge in [-0.15, -0.1) is 0 Å². The summed E-state index contributed by atoms with van der Waals surface area (Å²) >= 11 is 13.6. The molecule has 0 saturated carbocycles. The van der Waals surface area contributed by atoms with E-state index in [2.05, 4.69) is 22.2 Å². The van der Waals surface area contributed by atoms with Crippen LogP contribution >= 0.6 is 35.0 Å². The number of benzene rings is 1. The number of nitrogens with one attached hydrogen (secondary N) is 1. The van der Waals surface area contributed by atoms with Gasteiger partial charge in [-0.2, -0.15) is 0 Å². The summed E-state index contributed by atoms with van der Waals surface area (Å²) in [5.41, 5.74) is 7.48. The molecule has 0 aliphatic carbocycles. The van der Waals surface area contributed by atoms with Gasteiger partial charge in [0.15, 0.2) is 5.16 Å². The lowest BCUT2D eigenvalue weighted by Gasteiger charge is -2.19. The summed E-state index contributed by atoms with van der Waals surface area (Å²) in [7, 11) is 0. The number of carbonyl (C=O) groups is 1. The number of nitrogen functional groups attached to an aromatic ring is 1. The monoisotopic (exact) mass is 412 g/mol. The third-order valence-corrected chi connectivity index (χ3v) is 5.18. The fourth-order valence-electron chi connectivity index (χ4n) is 2.60. The van der Waals surface area contributed by atoms with E-state index in [4.69, 9.17) is 28.9 Å². The predicted molar refractivity (Wildman–Crippen MR) is 109 cm³/mol. The zero-order chi connectivity index (χ0) is 19.1. The fraction of sp³-hybridized carbons (Fsp3) is 0.389. The van der Waals surface area contributed by atoms with Crippen molar-refractivity contribution < 1.29 is 4.79 Å². The average Bonchev–Trinajstić information content (AvgIpc) is 2.56. The van der Waals surface area contributed by atoms with E-state index in [1.54, 1.807) is 12.1 Å². The lowest BCUT2D eigenvalue weighted by Crippen LogP contribution is -2.30. The van der Waals surface area contributed by atoms with E-state index in [1.165, 1.54) is 11.8 Å². The molecular formula is C18H22Cl2N4OS. The van der Waals surface area contributed by atoms with Crippen LogP contribution in [0.2, 0.25) is 10.0 Å². The van der Waals surface area contributed by atoms with Gasteiger partial charge in [0.1, 0.15) is 5.82 Å². The first-order valence-electron chi connectivity index (χ1n) is 8.34. The number of amides is 1. The standard InChI is InChI=1S/C18H22Cl2N4OS/c1-3-4-12(14-6-5-13(19)8-15(14)20)9-22-17(25)10-26-18-23-11(2)7-16(21)24-18/h5-8,12H,3-4,9-10H2,1-2H3,(H,22,25)(H2,21,23,24)/t12-/m1/s1. The van der Waals surface area contributed by atoms with Crippen LogP contribution in [0.4, 0.5) is 5.82 Å². The van der Waals surface area contributed by atoms with Gasteiger partial charge in [-0.3, -0.25) is 4.79 Å². The molecule has 1 aromatic heterocycles. The van der Waals surface area contributed by atoms with Crippen LogP contribution in [0.25, 0.3) is 0 Å². The first-order valence-corrected chi connectivity index (χ1v) is 10.1. The van der Waals surface area contributed by atoms with Crippen LogP contribution in [0.15, 0.2) is 29.4 Å². The average molecular weight is 413 g/mol. The SMILES string of the molecule is CCC[C@H](CNC(=O)CSc1nc(C)cc(N)n1)c1ccc(Cl)cc1Cl. The lowest BCUT2D eigenvalue weighted by molar-refractivity contribution is -0.118. The molecular weight excluding hydrogens is 391 g/mol. The maximum absolute atomic E-state index is 12.2. The number of nitrogens with two attached hydrogens (primary N) is 1. The summed E-state index contributed by atoms with van der Waals surface area (Å²) in [6, 6.07) is 7.17. The van der Waals surface area contributed by atoms with E-state index in [0.29, 0.717) is 27.6 Å². The van der Waals surface area contributed by atoms with E-state index in [-0.39, 0.29) is 17.6 Å². The van der Waals surface area contributed by atoms with Gasteiger partial charge in [0, 0.05) is 34.3 Å². The van der Waals surface area contributed by atoms with Gasteiger partial charge < -0.3 is 11.1 Å². The molecule has 8 heteroatoms. The number of hydrogen-bond donors (Lipinski definition) is 2. The Labute approximate surface area is 168 Å². The number of hydrogen-bond acceptors (Lipinski definition) is 5. The first kappa shape index (κ1) is 20.8. The van der Waals surface area contributed by atoms with Crippen molar-refractivity contribution in [3.05, 3.63) is 45.6 Å². The van der Waals surface area contributed by atoms with Crippen molar-refractivity contribution >= 4 is 46.7 Å². The van der Waals surface area contributed by atoms with Crippen LogP contribution in [-0.4, -0.2) is 28.2 Å². The van der Waals surface area contributed by atoms with Gasteiger partial charge in [-0.1, -0.05) is 54.4 Å². The zero-order valence-electron chi connectivity index (χ0n) is 14.8. The Morgan fingerprint density at radius 1 is 1.31 bits per heavy atom. The summed E-state index contributed by atoms with van der Waals surface area (Å²) in [4.78, 5) is 20.6. The molecule has 140 valence electrons. The minimum atomic E-state index is -0.0788. The largest absolute Gasteiger partial charge is 0.384 e. The Hall–Kier alpha value is -1.50. The highest BCUT2D eigenvalue weighted by Gasteiger charge is 2.16. The lowest BCUT2D eigenvalue weighted by atomic mass is 9.94. The summed E-state index contributed by atoms with van der Waals surface area (Å²) < 4.78 is 0. The van der Waals surface area contributed by atoms with E-state index < -0.39 is 0 Å². The Kier molecular flexibility index (Phi) is 8.00. The minimum absolute atomic E-state index is 0.0788. The van der Waals surface area contributed by atoms with Gasteiger partial charge in [-0.05, 0) is 31.0 Å². The predicted octanol–water partition coefficient (Wildman–Crippen LogP) is 4.47. The molecule has 0 aliphatic heterocycles. The second kappa shape index (κ2) is 10.00. The maximum Gasteiger partial charge on any atom is 0.230 e. The van der Waals surface area contributed by atoms with Crippen LogP contribution < -0.4 is 11.1 Å². The molecule has 0 aliphatic rings. The summed E-state index contributed by atoms with van der Waals surface area (Å²) in [5, 5.41) is 4.70. The van der Waals surface area contributed by atoms with Gasteiger partial charge in [0.25, 0.3) is 0 Å². The summed E-state index contributed by atoms with van der Waals surface area (Å²) in [5.74, 6) is 0.700. The first-order chi connectivity index (χ1) is 12.4. The van der Waals surface area contributed by atoms with E-state index in [1.807, 2.05) is 19.1 Å². The Bertz CT molecular complexity index is 753. The molecule has 1 aromatic carbocycles. The highest BCUT2D eigenvalue weighted by Crippen LogP contribution is 2.30. The van der Waals surface area contributed by atoms with Crippen molar-refractivity contribution in [3.8, 4) is 0 Å². The van der Waals surface area contributed by atoms with Gasteiger partial charge in [-0.25, -0.2) is 9.97 Å². The third-order valence-electron chi connectivity index (χ3n) is 3.77.